The van der Waals surface area contributed by atoms with Crippen LogP contribution in [0.15, 0.2) is 53.9 Å². The van der Waals surface area contributed by atoms with Crippen LogP contribution in [0, 0.1) is 11.8 Å². The van der Waals surface area contributed by atoms with E-state index in [1.165, 1.54) is 25.0 Å². The molecule has 1 amide bonds. The van der Waals surface area contributed by atoms with Crippen LogP contribution in [0.25, 0.3) is 17.5 Å². The van der Waals surface area contributed by atoms with Gasteiger partial charge in [0.2, 0.25) is 5.82 Å². The van der Waals surface area contributed by atoms with Gasteiger partial charge in [0.25, 0.3) is 5.91 Å². The van der Waals surface area contributed by atoms with E-state index in [0.717, 1.165) is 21.7 Å². The van der Waals surface area contributed by atoms with Crippen LogP contribution >= 0.6 is 11.3 Å². The molecule has 0 bridgehead atoms. The number of allylic oxidation sites excluding steroid dienone is 1. The van der Waals surface area contributed by atoms with Gasteiger partial charge in [-0.1, -0.05) is 36.6 Å². The molecule has 2 aromatic heterocycles. The summed E-state index contributed by atoms with van der Waals surface area (Å²) in [5.41, 5.74) is 4.76. The van der Waals surface area contributed by atoms with Crippen molar-refractivity contribution in [2.45, 2.75) is 32.1 Å². The van der Waals surface area contributed by atoms with Crippen molar-refractivity contribution in [1.29, 1.82) is 0 Å². The first-order valence-corrected chi connectivity index (χ1v) is 12.0. The van der Waals surface area contributed by atoms with Gasteiger partial charge in [-0.25, -0.2) is 4.98 Å². The molecule has 0 aliphatic heterocycles. The van der Waals surface area contributed by atoms with E-state index in [2.05, 4.69) is 48.1 Å². The molecule has 2 heterocycles. The molecule has 8 heteroatoms. The number of benzene rings is 2. The molecule has 4 aromatic rings. The molecule has 0 unspecified atom stereocenters. The largest absolute Gasteiger partial charge is 0.322 e. The molecule has 2 N–H and O–H groups in total. The Labute approximate surface area is 201 Å². The van der Waals surface area contributed by atoms with E-state index in [4.69, 9.17) is 0 Å². The Bertz CT molecular complexity index is 1410. The van der Waals surface area contributed by atoms with Crippen LogP contribution in [0.4, 0.5) is 5.69 Å². The van der Waals surface area contributed by atoms with Crippen molar-refractivity contribution < 1.29 is 4.79 Å². The zero-order valence-electron chi connectivity index (χ0n) is 18.6. The number of thiazole rings is 1. The summed E-state index contributed by atoms with van der Waals surface area (Å²) >= 11 is 1.59. The summed E-state index contributed by atoms with van der Waals surface area (Å²) in [5.74, 6) is 7.21. The van der Waals surface area contributed by atoms with Gasteiger partial charge in [-0.05, 0) is 66.8 Å². The minimum absolute atomic E-state index is 0.206. The van der Waals surface area contributed by atoms with Crippen LogP contribution in [-0.2, 0) is 0 Å². The lowest BCUT2D eigenvalue weighted by Gasteiger charge is -2.22. The van der Waals surface area contributed by atoms with Crippen molar-refractivity contribution in [3.05, 3.63) is 81.3 Å². The van der Waals surface area contributed by atoms with Crippen LogP contribution in [-0.4, -0.2) is 31.5 Å². The minimum Gasteiger partial charge on any atom is -0.322 e. The fourth-order valence-corrected chi connectivity index (χ4v) is 4.49. The summed E-state index contributed by atoms with van der Waals surface area (Å²) in [7, 11) is 0. The third-order valence-corrected chi connectivity index (χ3v) is 6.50. The normalized spacial score (nSPS) is 13.3. The molecule has 1 aliphatic carbocycles. The number of carbonyl (C=O) groups excluding carboxylic acids is 1. The fraction of sp³-hybridized carbons (Fsp3) is 0.192. The van der Waals surface area contributed by atoms with Gasteiger partial charge in [0.1, 0.15) is 0 Å². The minimum atomic E-state index is -0.206. The number of aromatic amines is 1. The quantitative estimate of drug-likeness (QED) is 0.390. The summed E-state index contributed by atoms with van der Waals surface area (Å²) < 4.78 is 0. The van der Waals surface area contributed by atoms with Crippen LogP contribution in [0.3, 0.4) is 0 Å². The van der Waals surface area contributed by atoms with Crippen molar-refractivity contribution >= 4 is 29.0 Å². The highest BCUT2D eigenvalue weighted by atomic mass is 32.1. The molecular weight excluding hydrogens is 444 g/mol. The molecule has 34 heavy (non-hydrogen) atoms. The second-order valence-corrected chi connectivity index (χ2v) is 8.89. The maximum atomic E-state index is 13.1. The smallest absolute Gasteiger partial charge is 0.256 e. The first kappa shape index (κ1) is 21.7. The number of aromatic nitrogens is 5. The van der Waals surface area contributed by atoms with Crippen molar-refractivity contribution in [3.63, 3.8) is 0 Å². The maximum absolute atomic E-state index is 13.1. The first-order chi connectivity index (χ1) is 16.7. The molecule has 1 fully saturated rings. The highest BCUT2D eigenvalue weighted by Crippen LogP contribution is 2.36. The van der Waals surface area contributed by atoms with Crippen molar-refractivity contribution in [3.8, 4) is 23.2 Å². The van der Waals surface area contributed by atoms with Crippen LogP contribution < -0.4 is 5.32 Å². The fourth-order valence-electron chi connectivity index (χ4n) is 3.74. The van der Waals surface area contributed by atoms with E-state index >= 15 is 0 Å². The molecule has 2 aromatic carbocycles. The molecule has 0 spiro atoms. The zero-order chi connectivity index (χ0) is 23.3. The van der Waals surface area contributed by atoms with Crippen LogP contribution in [0.1, 0.15) is 64.3 Å². The van der Waals surface area contributed by atoms with Crippen LogP contribution in [0.2, 0.25) is 0 Å². The van der Waals surface area contributed by atoms with Crippen molar-refractivity contribution in [1.82, 2.24) is 25.6 Å². The van der Waals surface area contributed by atoms with E-state index in [1.807, 2.05) is 49.4 Å². The van der Waals surface area contributed by atoms with Gasteiger partial charge < -0.3 is 5.32 Å². The van der Waals surface area contributed by atoms with E-state index in [0.29, 0.717) is 23.0 Å². The average Bonchev–Trinajstić information content (AvgIpc) is 3.50. The van der Waals surface area contributed by atoms with Crippen molar-refractivity contribution in [2.75, 3.05) is 5.32 Å². The summed E-state index contributed by atoms with van der Waals surface area (Å²) in [6.07, 6.45) is 7.52. The van der Waals surface area contributed by atoms with Gasteiger partial charge in [-0.2, -0.15) is 5.21 Å². The predicted octanol–water partition coefficient (Wildman–Crippen LogP) is 5.28. The SMILES string of the molecule is CC=Cc1cc(-c2nn[nH]n2)ccc1C(=O)Nc1cccc(C#Cc2nc(C3CCC3)cs2)c1. The number of H-pyrrole nitrogens is 1. The third kappa shape index (κ3) is 4.80. The van der Waals surface area contributed by atoms with Crippen LogP contribution in [0.5, 0.6) is 0 Å². The molecule has 1 saturated carbocycles. The Balaban J connectivity index is 1.33. The van der Waals surface area contributed by atoms with Gasteiger partial charge >= 0.3 is 0 Å². The Morgan fingerprint density at radius 1 is 1.21 bits per heavy atom. The molecule has 0 atom stereocenters. The van der Waals surface area contributed by atoms with E-state index in [-0.39, 0.29) is 5.91 Å². The highest BCUT2D eigenvalue weighted by molar-refractivity contribution is 7.10. The lowest BCUT2D eigenvalue weighted by atomic mass is 9.83. The second-order valence-electron chi connectivity index (χ2n) is 8.03. The number of tetrazole rings is 1. The number of amides is 1. The number of rotatable bonds is 5. The average molecular weight is 467 g/mol. The summed E-state index contributed by atoms with van der Waals surface area (Å²) in [6, 6.07) is 13.0. The Kier molecular flexibility index (Phi) is 6.27. The number of anilines is 1. The topological polar surface area (TPSA) is 96.5 Å². The Morgan fingerprint density at radius 2 is 2.12 bits per heavy atom. The summed E-state index contributed by atoms with van der Waals surface area (Å²) in [4.78, 5) is 17.7. The van der Waals surface area contributed by atoms with Gasteiger partial charge in [0.05, 0.1) is 5.69 Å². The number of hydrogen-bond donors (Lipinski definition) is 2. The van der Waals surface area contributed by atoms with Gasteiger partial charge in [0, 0.05) is 33.7 Å². The molecule has 168 valence electrons. The maximum Gasteiger partial charge on any atom is 0.256 e. The lowest BCUT2D eigenvalue weighted by molar-refractivity contribution is 0.102. The van der Waals surface area contributed by atoms with Gasteiger partial charge in [-0.15, -0.1) is 21.5 Å². The molecule has 7 nitrogen and oxygen atoms in total. The standard InChI is InChI=1S/C26H22N6OS/c1-2-5-19-15-20(25-29-31-32-30-25)11-12-22(19)26(33)27-21-9-3-6-17(14-21)10-13-24-28-23(16-34-24)18-7-4-8-18/h2-3,5-6,9,11-12,14-16,18H,4,7-8H2,1H3,(H,27,33)(H,29,30,31,32). The summed E-state index contributed by atoms with van der Waals surface area (Å²) in [6.45, 7) is 1.91. The molecular formula is C26H22N6OS. The summed E-state index contributed by atoms with van der Waals surface area (Å²) in [5, 5.41) is 20.0. The number of nitrogens with zero attached hydrogens (tertiary/aromatic N) is 4. The van der Waals surface area contributed by atoms with Gasteiger partial charge in [-0.3, -0.25) is 4.79 Å². The number of carbonyl (C=O) groups is 1. The second kappa shape index (κ2) is 9.81. The molecule has 0 saturated heterocycles. The molecule has 5 rings (SSSR count). The van der Waals surface area contributed by atoms with E-state index in [9.17, 15) is 4.79 Å². The lowest BCUT2D eigenvalue weighted by Crippen LogP contribution is -2.13. The number of nitrogens with one attached hydrogen (secondary N) is 2. The molecule has 0 radical (unpaired) electrons. The first-order valence-electron chi connectivity index (χ1n) is 11.1. The van der Waals surface area contributed by atoms with E-state index in [1.54, 1.807) is 23.5 Å². The Hall–Kier alpha value is -4.09. The third-order valence-electron chi connectivity index (χ3n) is 5.73. The number of hydrogen-bond acceptors (Lipinski definition) is 6. The predicted molar refractivity (Wildman–Crippen MR) is 133 cm³/mol. The zero-order valence-corrected chi connectivity index (χ0v) is 19.4. The van der Waals surface area contributed by atoms with E-state index < -0.39 is 0 Å². The monoisotopic (exact) mass is 466 g/mol. The highest BCUT2D eigenvalue weighted by Gasteiger charge is 2.21. The van der Waals surface area contributed by atoms with Crippen molar-refractivity contribution in [2.24, 2.45) is 0 Å². The molecule has 1 aliphatic rings. The van der Waals surface area contributed by atoms with Gasteiger partial charge in [0.15, 0.2) is 5.01 Å². The Morgan fingerprint density at radius 3 is 2.88 bits per heavy atom.